The molecule has 0 bridgehead atoms. The molecule has 5 nitrogen and oxygen atoms in total. The van der Waals surface area contributed by atoms with E-state index in [1.54, 1.807) is 36.1 Å². The Morgan fingerprint density at radius 1 is 1.25 bits per heavy atom. The molecule has 0 atom stereocenters. The van der Waals surface area contributed by atoms with E-state index in [9.17, 15) is 9.59 Å². The predicted octanol–water partition coefficient (Wildman–Crippen LogP) is 1.35. The van der Waals surface area contributed by atoms with Crippen LogP contribution in [0.5, 0.6) is 0 Å². The van der Waals surface area contributed by atoms with Crippen molar-refractivity contribution in [2.45, 2.75) is 12.8 Å². The molecule has 0 aromatic carbocycles. The summed E-state index contributed by atoms with van der Waals surface area (Å²) >= 11 is 0. The quantitative estimate of drug-likeness (QED) is 0.490. The van der Waals surface area contributed by atoms with Gasteiger partial charge in [-0.05, 0) is 37.1 Å². The van der Waals surface area contributed by atoms with Gasteiger partial charge in [0.1, 0.15) is 0 Å². The lowest BCUT2D eigenvalue weighted by Crippen LogP contribution is -2.32. The number of hydrogen-bond donors (Lipinski definition) is 1. The molecule has 0 unspecified atom stereocenters. The zero-order valence-electron chi connectivity index (χ0n) is 11.4. The van der Waals surface area contributed by atoms with Crippen LogP contribution in [-0.2, 0) is 18.3 Å². The molecule has 0 saturated carbocycles. The molecule has 0 saturated heterocycles. The molecule has 2 heterocycles. The van der Waals surface area contributed by atoms with Crippen LogP contribution in [0.15, 0.2) is 42.7 Å². The summed E-state index contributed by atoms with van der Waals surface area (Å²) in [6.07, 6.45) is 5.01. The van der Waals surface area contributed by atoms with Gasteiger partial charge in [0.15, 0.2) is 0 Å². The van der Waals surface area contributed by atoms with Gasteiger partial charge in [-0.25, -0.2) is 0 Å². The maximum Gasteiger partial charge on any atom is 0.293 e. The fourth-order valence-corrected chi connectivity index (χ4v) is 1.91. The van der Waals surface area contributed by atoms with Gasteiger partial charge in [0.05, 0.1) is 5.69 Å². The number of aryl methyl sites for hydroxylation is 2. The number of nitrogens with one attached hydrogen (secondary N) is 1. The molecule has 0 aliphatic rings. The van der Waals surface area contributed by atoms with E-state index in [4.69, 9.17) is 0 Å². The fourth-order valence-electron chi connectivity index (χ4n) is 1.91. The largest absolute Gasteiger partial charge is 0.349 e. The van der Waals surface area contributed by atoms with Crippen LogP contribution in [0.3, 0.4) is 0 Å². The summed E-state index contributed by atoms with van der Waals surface area (Å²) in [6, 6.07) is 9.11. The molecule has 0 spiro atoms. The summed E-state index contributed by atoms with van der Waals surface area (Å²) in [4.78, 5) is 27.8. The second-order valence-corrected chi connectivity index (χ2v) is 4.51. The smallest absolute Gasteiger partial charge is 0.293 e. The number of hydrogen-bond acceptors (Lipinski definition) is 3. The van der Waals surface area contributed by atoms with Crippen LogP contribution in [0.1, 0.15) is 22.6 Å². The average molecular weight is 271 g/mol. The highest BCUT2D eigenvalue weighted by molar-refractivity contribution is 6.42. The van der Waals surface area contributed by atoms with Crippen molar-refractivity contribution in [1.29, 1.82) is 0 Å². The second-order valence-electron chi connectivity index (χ2n) is 4.51. The molecule has 0 fully saturated rings. The van der Waals surface area contributed by atoms with E-state index in [0.29, 0.717) is 12.2 Å². The first-order valence-electron chi connectivity index (χ1n) is 6.52. The molecule has 2 rings (SSSR count). The van der Waals surface area contributed by atoms with E-state index in [0.717, 1.165) is 18.5 Å². The topological polar surface area (TPSA) is 64.0 Å². The summed E-state index contributed by atoms with van der Waals surface area (Å²) < 4.78 is 1.63. The third-order valence-electron chi connectivity index (χ3n) is 3.00. The van der Waals surface area contributed by atoms with E-state index in [1.165, 1.54) is 0 Å². The SMILES string of the molecule is Cn1cccc1C(=O)C(=O)NCCCc1ccccn1. The van der Waals surface area contributed by atoms with Crippen LogP contribution in [-0.4, -0.2) is 27.8 Å². The van der Waals surface area contributed by atoms with Crippen LogP contribution < -0.4 is 5.32 Å². The first-order chi connectivity index (χ1) is 9.68. The van der Waals surface area contributed by atoms with Crippen LogP contribution in [0, 0.1) is 0 Å². The highest BCUT2D eigenvalue weighted by Crippen LogP contribution is 2.01. The number of aromatic nitrogens is 2. The standard InChI is InChI=1S/C15H17N3O2/c1-18-11-5-8-13(18)14(19)15(20)17-10-4-7-12-6-2-3-9-16-12/h2-3,5-6,8-9,11H,4,7,10H2,1H3,(H,17,20). The Morgan fingerprint density at radius 2 is 2.10 bits per heavy atom. The normalized spacial score (nSPS) is 10.2. The first kappa shape index (κ1) is 14.0. The van der Waals surface area contributed by atoms with Crippen molar-refractivity contribution >= 4 is 11.7 Å². The summed E-state index contributed by atoms with van der Waals surface area (Å²) in [5, 5.41) is 2.64. The Kier molecular flexibility index (Phi) is 4.65. The van der Waals surface area contributed by atoms with Gasteiger partial charge in [0.2, 0.25) is 0 Å². The minimum atomic E-state index is -0.562. The summed E-state index contributed by atoms with van der Waals surface area (Å²) in [7, 11) is 1.74. The van der Waals surface area contributed by atoms with Crippen LogP contribution in [0.2, 0.25) is 0 Å². The third-order valence-corrected chi connectivity index (χ3v) is 3.00. The number of ketones is 1. The highest BCUT2D eigenvalue weighted by atomic mass is 16.2. The lowest BCUT2D eigenvalue weighted by atomic mass is 10.2. The van der Waals surface area contributed by atoms with Gasteiger partial charge in [-0.15, -0.1) is 0 Å². The number of carbonyl (C=O) groups excluding carboxylic acids is 2. The summed E-state index contributed by atoms with van der Waals surface area (Å²) in [5.74, 6) is -1.07. The van der Waals surface area contributed by atoms with Crippen molar-refractivity contribution < 1.29 is 9.59 Å². The predicted molar refractivity (Wildman–Crippen MR) is 75.3 cm³/mol. The molecule has 2 aromatic heterocycles. The molecule has 0 aliphatic carbocycles. The van der Waals surface area contributed by atoms with E-state index < -0.39 is 11.7 Å². The second kappa shape index (κ2) is 6.65. The van der Waals surface area contributed by atoms with Gasteiger partial charge >= 0.3 is 0 Å². The molecule has 1 N–H and O–H groups in total. The van der Waals surface area contributed by atoms with Gasteiger partial charge in [0.25, 0.3) is 11.7 Å². The van der Waals surface area contributed by atoms with E-state index in [1.807, 2.05) is 18.2 Å². The zero-order valence-corrected chi connectivity index (χ0v) is 11.4. The third kappa shape index (κ3) is 3.54. The molecule has 20 heavy (non-hydrogen) atoms. The van der Waals surface area contributed by atoms with Gasteiger partial charge in [-0.1, -0.05) is 6.07 Å². The lowest BCUT2D eigenvalue weighted by molar-refractivity contribution is -0.117. The highest BCUT2D eigenvalue weighted by Gasteiger charge is 2.17. The summed E-state index contributed by atoms with van der Waals surface area (Å²) in [5.41, 5.74) is 1.38. The van der Waals surface area contributed by atoms with E-state index >= 15 is 0 Å². The molecule has 2 aromatic rings. The number of rotatable bonds is 6. The number of nitrogens with zero attached hydrogens (tertiary/aromatic N) is 2. The van der Waals surface area contributed by atoms with Crippen molar-refractivity contribution in [3.63, 3.8) is 0 Å². The minimum Gasteiger partial charge on any atom is -0.349 e. The Morgan fingerprint density at radius 3 is 2.75 bits per heavy atom. The molecular formula is C15H17N3O2. The van der Waals surface area contributed by atoms with Crippen molar-refractivity contribution in [1.82, 2.24) is 14.9 Å². The number of carbonyl (C=O) groups is 2. The molecule has 104 valence electrons. The minimum absolute atomic E-state index is 0.396. The van der Waals surface area contributed by atoms with Gasteiger partial charge in [0, 0.05) is 31.7 Å². The Hall–Kier alpha value is -2.43. The maximum atomic E-state index is 11.8. The first-order valence-corrected chi connectivity index (χ1v) is 6.52. The van der Waals surface area contributed by atoms with Crippen LogP contribution >= 0.6 is 0 Å². The van der Waals surface area contributed by atoms with Crippen molar-refractivity contribution in [3.05, 3.63) is 54.1 Å². The molecular weight excluding hydrogens is 254 g/mol. The monoisotopic (exact) mass is 271 g/mol. The number of amides is 1. The fraction of sp³-hybridized carbons (Fsp3) is 0.267. The number of Topliss-reactive ketones (excluding diaryl/α,β-unsaturated/α-hetero) is 1. The molecule has 0 aliphatic heterocycles. The van der Waals surface area contributed by atoms with Crippen molar-refractivity contribution in [2.24, 2.45) is 7.05 Å². The average Bonchev–Trinajstić information content (AvgIpc) is 2.90. The maximum absolute atomic E-state index is 11.8. The van der Waals surface area contributed by atoms with Gasteiger partial charge < -0.3 is 9.88 Å². The Balaban J connectivity index is 1.76. The van der Waals surface area contributed by atoms with E-state index in [2.05, 4.69) is 10.3 Å². The van der Waals surface area contributed by atoms with Crippen LogP contribution in [0.25, 0.3) is 0 Å². The zero-order chi connectivity index (χ0) is 14.4. The molecule has 1 amide bonds. The van der Waals surface area contributed by atoms with Crippen LogP contribution in [0.4, 0.5) is 0 Å². The van der Waals surface area contributed by atoms with Crippen molar-refractivity contribution in [2.75, 3.05) is 6.54 Å². The van der Waals surface area contributed by atoms with Crippen molar-refractivity contribution in [3.8, 4) is 0 Å². The Labute approximate surface area is 117 Å². The van der Waals surface area contributed by atoms with Gasteiger partial charge in [-0.3, -0.25) is 14.6 Å². The lowest BCUT2D eigenvalue weighted by Gasteiger charge is -2.05. The number of pyridine rings is 1. The van der Waals surface area contributed by atoms with Gasteiger partial charge in [-0.2, -0.15) is 0 Å². The summed E-state index contributed by atoms with van der Waals surface area (Å²) in [6.45, 7) is 0.464. The van der Waals surface area contributed by atoms with E-state index in [-0.39, 0.29) is 0 Å². The molecule has 0 radical (unpaired) electrons. The molecule has 5 heteroatoms. The Bertz CT molecular complexity index is 590.